The van der Waals surface area contributed by atoms with Crippen molar-refractivity contribution in [3.63, 3.8) is 0 Å². The van der Waals surface area contributed by atoms with Crippen molar-refractivity contribution in [3.8, 4) is 0 Å². The molecule has 2 aromatic carbocycles. The third-order valence-electron chi connectivity index (χ3n) is 3.95. The first-order valence-electron chi connectivity index (χ1n) is 8.05. The minimum absolute atomic E-state index is 0.327. The molecule has 1 atom stereocenters. The highest BCUT2D eigenvalue weighted by Gasteiger charge is 2.17. The quantitative estimate of drug-likeness (QED) is 0.681. The van der Waals surface area contributed by atoms with Gasteiger partial charge < -0.3 is 9.84 Å². The van der Waals surface area contributed by atoms with E-state index in [9.17, 15) is 5.11 Å². The summed E-state index contributed by atoms with van der Waals surface area (Å²) in [6.07, 6.45) is 1.53. The first-order valence-corrected chi connectivity index (χ1v) is 8.05. The number of aryl methyl sites for hydroxylation is 1. The van der Waals surface area contributed by atoms with Gasteiger partial charge in [0, 0.05) is 0 Å². The normalized spacial score (nSPS) is 12.6. The van der Waals surface area contributed by atoms with Gasteiger partial charge in [0.25, 0.3) is 0 Å². The molecule has 0 bridgehead atoms. The van der Waals surface area contributed by atoms with E-state index in [0.717, 1.165) is 17.6 Å². The molecule has 1 N–H and O–H groups in total. The van der Waals surface area contributed by atoms with E-state index < -0.39 is 6.10 Å². The second kappa shape index (κ2) is 7.40. The highest BCUT2D eigenvalue weighted by Crippen LogP contribution is 2.10. The standard InChI is InChI=1S/C19H23N2O2/c1-2-20-15-21(19-11-7-6-10-18(19)20)12-17(22)14-23-13-16-8-4-3-5-9-16/h3-11,15,17,22H,2,12-14H2,1H3/q+1/t17-/m1/s1. The molecule has 1 heterocycles. The van der Waals surface area contributed by atoms with E-state index in [1.54, 1.807) is 0 Å². The van der Waals surface area contributed by atoms with Gasteiger partial charge in [-0.05, 0) is 24.6 Å². The number of aliphatic hydroxyl groups excluding tert-OH is 1. The Balaban J connectivity index is 1.60. The Bertz CT molecular complexity index is 752. The summed E-state index contributed by atoms with van der Waals surface area (Å²) in [5, 5.41) is 10.3. The second-order valence-electron chi connectivity index (χ2n) is 5.70. The molecule has 4 heteroatoms. The van der Waals surface area contributed by atoms with E-state index in [2.05, 4.69) is 34.5 Å². The number of benzene rings is 2. The number of para-hydroxylation sites is 2. The third-order valence-corrected chi connectivity index (χ3v) is 3.95. The van der Waals surface area contributed by atoms with Gasteiger partial charge in [0.05, 0.1) is 19.8 Å². The topological polar surface area (TPSA) is 38.3 Å². The fraction of sp³-hybridized carbons (Fsp3) is 0.316. The first-order chi connectivity index (χ1) is 11.3. The number of hydrogen-bond acceptors (Lipinski definition) is 2. The van der Waals surface area contributed by atoms with Crippen LogP contribution in [0.4, 0.5) is 0 Å². The van der Waals surface area contributed by atoms with Crippen LogP contribution in [0.1, 0.15) is 12.5 Å². The Morgan fingerprint density at radius 2 is 1.83 bits per heavy atom. The molecule has 0 aliphatic heterocycles. The fourth-order valence-corrected chi connectivity index (χ4v) is 2.81. The van der Waals surface area contributed by atoms with Crippen molar-refractivity contribution in [2.45, 2.75) is 32.7 Å². The van der Waals surface area contributed by atoms with Crippen LogP contribution in [0.25, 0.3) is 11.0 Å². The summed E-state index contributed by atoms with van der Waals surface area (Å²) in [7, 11) is 0. The van der Waals surface area contributed by atoms with Crippen molar-refractivity contribution >= 4 is 11.0 Å². The van der Waals surface area contributed by atoms with Crippen LogP contribution in [0, 0.1) is 0 Å². The molecule has 0 saturated heterocycles. The van der Waals surface area contributed by atoms with Gasteiger partial charge in [0.15, 0.2) is 11.0 Å². The molecule has 0 spiro atoms. The number of aliphatic hydroxyl groups is 1. The molecule has 0 fully saturated rings. The summed E-state index contributed by atoms with van der Waals surface area (Å²) in [6.45, 7) is 4.42. The average Bonchev–Trinajstić information content (AvgIpc) is 2.94. The average molecular weight is 311 g/mol. The SMILES string of the molecule is CCn1c[n+](C[C@@H](O)COCc2ccccc2)c2ccccc21. The molecule has 3 rings (SSSR count). The van der Waals surface area contributed by atoms with E-state index in [1.165, 1.54) is 5.52 Å². The summed E-state index contributed by atoms with van der Waals surface area (Å²) >= 11 is 0. The minimum atomic E-state index is -0.528. The lowest BCUT2D eigenvalue weighted by atomic mass is 10.2. The molecule has 0 amide bonds. The van der Waals surface area contributed by atoms with Gasteiger partial charge in [-0.2, -0.15) is 0 Å². The third kappa shape index (κ3) is 3.78. The molecule has 1 aromatic heterocycles. The Hall–Kier alpha value is -2.17. The lowest BCUT2D eigenvalue weighted by Gasteiger charge is -2.09. The Labute approximate surface area is 136 Å². The number of nitrogens with zero attached hydrogens (tertiary/aromatic N) is 2. The van der Waals surface area contributed by atoms with E-state index in [1.807, 2.05) is 42.5 Å². The molecule has 4 nitrogen and oxygen atoms in total. The molecule has 0 aliphatic carbocycles. The van der Waals surface area contributed by atoms with E-state index in [-0.39, 0.29) is 0 Å². The highest BCUT2D eigenvalue weighted by molar-refractivity contribution is 5.71. The van der Waals surface area contributed by atoms with Crippen LogP contribution < -0.4 is 4.57 Å². The molecule has 0 saturated carbocycles. The molecular formula is C19H23N2O2+. The molecule has 0 aliphatic rings. The molecule has 0 unspecified atom stereocenters. The van der Waals surface area contributed by atoms with E-state index >= 15 is 0 Å². The zero-order valence-corrected chi connectivity index (χ0v) is 13.4. The van der Waals surface area contributed by atoms with E-state index in [0.29, 0.717) is 19.8 Å². The van der Waals surface area contributed by atoms with Crippen LogP contribution in [0.15, 0.2) is 60.9 Å². The Morgan fingerprint density at radius 1 is 1.09 bits per heavy atom. The number of rotatable bonds is 7. The largest absolute Gasteiger partial charge is 0.387 e. The van der Waals surface area contributed by atoms with Crippen LogP contribution in [-0.4, -0.2) is 22.4 Å². The fourth-order valence-electron chi connectivity index (χ4n) is 2.81. The predicted molar refractivity (Wildman–Crippen MR) is 89.9 cm³/mol. The van der Waals surface area contributed by atoms with Crippen LogP contribution in [0.3, 0.4) is 0 Å². The van der Waals surface area contributed by atoms with Crippen LogP contribution in [0.5, 0.6) is 0 Å². The van der Waals surface area contributed by atoms with Gasteiger partial charge in [-0.1, -0.05) is 42.5 Å². The second-order valence-corrected chi connectivity index (χ2v) is 5.70. The van der Waals surface area contributed by atoms with Gasteiger partial charge in [-0.25, -0.2) is 9.13 Å². The van der Waals surface area contributed by atoms with Crippen molar-refractivity contribution in [1.29, 1.82) is 0 Å². The molecule has 120 valence electrons. The van der Waals surface area contributed by atoms with Gasteiger partial charge in [-0.3, -0.25) is 0 Å². The Morgan fingerprint density at radius 3 is 2.61 bits per heavy atom. The number of ether oxygens (including phenoxy) is 1. The molecule has 3 aromatic rings. The smallest absolute Gasteiger partial charge is 0.244 e. The lowest BCUT2D eigenvalue weighted by molar-refractivity contribution is -0.679. The lowest BCUT2D eigenvalue weighted by Crippen LogP contribution is -2.40. The minimum Gasteiger partial charge on any atom is -0.387 e. The summed E-state index contributed by atoms with van der Waals surface area (Å²) in [5.41, 5.74) is 3.44. The number of fused-ring (bicyclic) bond motifs is 1. The van der Waals surface area contributed by atoms with Gasteiger partial charge in [0.2, 0.25) is 6.33 Å². The van der Waals surface area contributed by atoms with Crippen LogP contribution in [-0.2, 0) is 24.4 Å². The maximum Gasteiger partial charge on any atom is 0.244 e. The van der Waals surface area contributed by atoms with Crippen molar-refractivity contribution in [1.82, 2.24) is 4.57 Å². The van der Waals surface area contributed by atoms with Crippen molar-refractivity contribution in [2.75, 3.05) is 6.61 Å². The molecular weight excluding hydrogens is 288 g/mol. The predicted octanol–water partition coefficient (Wildman–Crippen LogP) is 2.53. The first kappa shape index (κ1) is 15.7. The van der Waals surface area contributed by atoms with Crippen molar-refractivity contribution in [2.24, 2.45) is 0 Å². The molecule has 23 heavy (non-hydrogen) atoms. The highest BCUT2D eigenvalue weighted by atomic mass is 16.5. The number of aromatic nitrogens is 2. The Kier molecular flexibility index (Phi) is 5.05. The maximum atomic E-state index is 10.3. The van der Waals surface area contributed by atoms with Gasteiger partial charge in [-0.15, -0.1) is 0 Å². The summed E-state index contributed by atoms with van der Waals surface area (Å²) in [6, 6.07) is 18.3. The zero-order valence-electron chi connectivity index (χ0n) is 13.4. The monoisotopic (exact) mass is 311 g/mol. The maximum absolute atomic E-state index is 10.3. The van der Waals surface area contributed by atoms with E-state index in [4.69, 9.17) is 4.74 Å². The zero-order chi connectivity index (χ0) is 16.1. The van der Waals surface area contributed by atoms with Crippen LogP contribution in [0.2, 0.25) is 0 Å². The number of imidazole rings is 1. The summed E-state index contributed by atoms with van der Waals surface area (Å²) in [5.74, 6) is 0. The molecule has 0 radical (unpaired) electrons. The summed E-state index contributed by atoms with van der Waals surface area (Å²) in [4.78, 5) is 0. The van der Waals surface area contributed by atoms with Gasteiger partial charge in [0.1, 0.15) is 12.6 Å². The van der Waals surface area contributed by atoms with Crippen molar-refractivity contribution < 1.29 is 14.4 Å². The van der Waals surface area contributed by atoms with Gasteiger partial charge >= 0.3 is 0 Å². The van der Waals surface area contributed by atoms with Crippen LogP contribution >= 0.6 is 0 Å². The summed E-state index contributed by atoms with van der Waals surface area (Å²) < 4.78 is 9.91. The van der Waals surface area contributed by atoms with Crippen molar-refractivity contribution in [3.05, 3.63) is 66.5 Å². The number of hydrogen-bond donors (Lipinski definition) is 1.